The monoisotopic (exact) mass is 139 g/mol. The molecule has 0 aliphatic rings. The Balaban J connectivity index is 3.55. The average molecular weight is 139 g/mol. The molecule has 0 aromatic rings. The summed E-state index contributed by atoms with van der Waals surface area (Å²) in [5.74, 6) is 0. The number of hydrogen-bond donors (Lipinski definition) is 1. The SMILES string of the molecule is CCC/C=C/C(C)=C\NC. The number of nitrogens with one attached hydrogen (secondary N) is 1. The second kappa shape index (κ2) is 6.40. The van der Waals surface area contributed by atoms with Crippen LogP contribution in [0.5, 0.6) is 0 Å². The lowest BCUT2D eigenvalue weighted by atomic mass is 10.2. The molecule has 0 atom stereocenters. The first-order valence-corrected chi connectivity index (χ1v) is 3.81. The van der Waals surface area contributed by atoms with Crippen molar-refractivity contribution in [2.45, 2.75) is 26.7 Å². The van der Waals surface area contributed by atoms with Crippen LogP contribution in [-0.4, -0.2) is 7.05 Å². The van der Waals surface area contributed by atoms with Crippen molar-refractivity contribution in [3.8, 4) is 0 Å². The Labute approximate surface area is 63.8 Å². The van der Waals surface area contributed by atoms with Gasteiger partial charge in [-0.2, -0.15) is 0 Å². The minimum atomic E-state index is 1.18. The Kier molecular flexibility index (Phi) is 5.94. The van der Waals surface area contributed by atoms with Crippen LogP contribution < -0.4 is 5.32 Å². The van der Waals surface area contributed by atoms with E-state index in [0.29, 0.717) is 0 Å². The van der Waals surface area contributed by atoms with Crippen LogP contribution in [0.4, 0.5) is 0 Å². The zero-order valence-corrected chi connectivity index (χ0v) is 7.15. The second-order valence-corrected chi connectivity index (χ2v) is 2.37. The van der Waals surface area contributed by atoms with E-state index in [2.05, 4.69) is 31.3 Å². The molecule has 0 rings (SSSR count). The van der Waals surface area contributed by atoms with Crippen LogP contribution in [0.15, 0.2) is 23.9 Å². The van der Waals surface area contributed by atoms with Gasteiger partial charge >= 0.3 is 0 Å². The minimum Gasteiger partial charge on any atom is -0.394 e. The van der Waals surface area contributed by atoms with E-state index in [1.807, 2.05) is 13.2 Å². The maximum atomic E-state index is 2.98. The lowest BCUT2D eigenvalue weighted by Crippen LogP contribution is -1.92. The summed E-state index contributed by atoms with van der Waals surface area (Å²) >= 11 is 0. The molecule has 0 saturated carbocycles. The molecule has 0 heterocycles. The Bertz CT molecular complexity index is 123. The van der Waals surface area contributed by atoms with E-state index >= 15 is 0 Å². The van der Waals surface area contributed by atoms with Crippen molar-refractivity contribution in [3.05, 3.63) is 23.9 Å². The van der Waals surface area contributed by atoms with Gasteiger partial charge in [-0.3, -0.25) is 0 Å². The van der Waals surface area contributed by atoms with Gasteiger partial charge in [0.1, 0.15) is 0 Å². The summed E-state index contributed by atoms with van der Waals surface area (Å²) in [6, 6.07) is 0. The van der Waals surface area contributed by atoms with Gasteiger partial charge in [0.2, 0.25) is 0 Å². The highest BCUT2D eigenvalue weighted by molar-refractivity contribution is 5.14. The first-order chi connectivity index (χ1) is 4.81. The summed E-state index contributed by atoms with van der Waals surface area (Å²) in [7, 11) is 1.91. The Hall–Kier alpha value is -0.720. The van der Waals surface area contributed by atoms with Crippen LogP contribution in [0, 0.1) is 0 Å². The van der Waals surface area contributed by atoms with Gasteiger partial charge in [-0.25, -0.2) is 0 Å². The van der Waals surface area contributed by atoms with Crippen LogP contribution in [-0.2, 0) is 0 Å². The minimum absolute atomic E-state index is 1.18. The molecule has 0 unspecified atom stereocenters. The van der Waals surface area contributed by atoms with Crippen LogP contribution in [0.2, 0.25) is 0 Å². The lowest BCUT2D eigenvalue weighted by molar-refractivity contribution is 0.957. The molecule has 0 aliphatic heterocycles. The zero-order chi connectivity index (χ0) is 7.82. The predicted octanol–water partition coefficient (Wildman–Crippen LogP) is 2.47. The molecule has 0 bridgehead atoms. The molecule has 1 nitrogen and oxygen atoms in total. The third-order valence-corrected chi connectivity index (χ3v) is 1.21. The first kappa shape index (κ1) is 9.28. The predicted molar refractivity (Wildman–Crippen MR) is 46.9 cm³/mol. The Morgan fingerprint density at radius 3 is 2.70 bits per heavy atom. The molecule has 0 aromatic carbocycles. The third-order valence-electron chi connectivity index (χ3n) is 1.21. The van der Waals surface area contributed by atoms with Crippen molar-refractivity contribution < 1.29 is 0 Å². The summed E-state index contributed by atoms with van der Waals surface area (Å²) in [4.78, 5) is 0. The van der Waals surface area contributed by atoms with E-state index in [1.165, 1.54) is 18.4 Å². The van der Waals surface area contributed by atoms with Crippen molar-refractivity contribution in [2.75, 3.05) is 7.05 Å². The van der Waals surface area contributed by atoms with E-state index in [9.17, 15) is 0 Å². The van der Waals surface area contributed by atoms with Crippen molar-refractivity contribution in [3.63, 3.8) is 0 Å². The van der Waals surface area contributed by atoms with Crippen LogP contribution in [0.1, 0.15) is 26.7 Å². The van der Waals surface area contributed by atoms with E-state index in [4.69, 9.17) is 0 Å². The van der Waals surface area contributed by atoms with Crippen molar-refractivity contribution in [1.29, 1.82) is 0 Å². The van der Waals surface area contributed by atoms with E-state index in [-0.39, 0.29) is 0 Å². The van der Waals surface area contributed by atoms with E-state index < -0.39 is 0 Å². The fourth-order valence-electron chi connectivity index (χ4n) is 0.712. The van der Waals surface area contributed by atoms with Crippen LogP contribution >= 0.6 is 0 Å². The number of unbranched alkanes of at least 4 members (excludes halogenated alkanes) is 1. The molecule has 0 amide bonds. The highest BCUT2D eigenvalue weighted by Gasteiger charge is 1.77. The maximum absolute atomic E-state index is 2.98. The molecule has 0 spiro atoms. The van der Waals surface area contributed by atoms with Gasteiger partial charge in [0.25, 0.3) is 0 Å². The third kappa shape index (κ3) is 5.42. The summed E-state index contributed by atoms with van der Waals surface area (Å²) in [5, 5.41) is 2.98. The quantitative estimate of drug-likeness (QED) is 0.590. The molecule has 1 heteroatoms. The normalized spacial score (nSPS) is 12.5. The molecular formula is C9H17N. The molecule has 0 fully saturated rings. The van der Waals surface area contributed by atoms with E-state index in [1.54, 1.807) is 0 Å². The molecule has 0 saturated heterocycles. The van der Waals surface area contributed by atoms with Crippen LogP contribution in [0.3, 0.4) is 0 Å². The molecule has 0 aliphatic carbocycles. The fraction of sp³-hybridized carbons (Fsp3) is 0.556. The number of hydrogen-bond acceptors (Lipinski definition) is 1. The largest absolute Gasteiger partial charge is 0.394 e. The highest BCUT2D eigenvalue weighted by Crippen LogP contribution is 1.95. The van der Waals surface area contributed by atoms with Crippen molar-refractivity contribution in [1.82, 2.24) is 5.32 Å². The smallest absolute Gasteiger partial charge is 0.00277 e. The zero-order valence-electron chi connectivity index (χ0n) is 7.15. The van der Waals surface area contributed by atoms with Gasteiger partial charge in [-0.05, 0) is 25.1 Å². The molecule has 0 radical (unpaired) electrons. The molecule has 10 heavy (non-hydrogen) atoms. The van der Waals surface area contributed by atoms with Crippen molar-refractivity contribution in [2.24, 2.45) is 0 Å². The van der Waals surface area contributed by atoms with Crippen molar-refractivity contribution >= 4 is 0 Å². The van der Waals surface area contributed by atoms with Crippen LogP contribution in [0.25, 0.3) is 0 Å². The second-order valence-electron chi connectivity index (χ2n) is 2.37. The van der Waals surface area contributed by atoms with Gasteiger partial charge in [-0.15, -0.1) is 0 Å². The van der Waals surface area contributed by atoms with Gasteiger partial charge in [0.05, 0.1) is 0 Å². The summed E-state index contributed by atoms with van der Waals surface area (Å²) in [5.41, 5.74) is 1.27. The molecule has 1 N–H and O–H groups in total. The Morgan fingerprint density at radius 2 is 2.20 bits per heavy atom. The first-order valence-electron chi connectivity index (χ1n) is 3.81. The van der Waals surface area contributed by atoms with Gasteiger partial charge < -0.3 is 5.32 Å². The molecule has 0 aromatic heterocycles. The summed E-state index contributed by atoms with van der Waals surface area (Å²) in [6.45, 7) is 4.27. The van der Waals surface area contributed by atoms with Gasteiger partial charge in [0, 0.05) is 7.05 Å². The molecule has 58 valence electrons. The van der Waals surface area contributed by atoms with Gasteiger partial charge in [0.15, 0.2) is 0 Å². The molecular weight excluding hydrogens is 122 g/mol. The lowest BCUT2D eigenvalue weighted by Gasteiger charge is -1.90. The summed E-state index contributed by atoms with van der Waals surface area (Å²) < 4.78 is 0. The fourth-order valence-corrected chi connectivity index (χ4v) is 0.712. The highest BCUT2D eigenvalue weighted by atomic mass is 14.8. The number of rotatable bonds is 4. The summed E-state index contributed by atoms with van der Waals surface area (Å²) in [6.07, 6.45) is 8.73. The topological polar surface area (TPSA) is 12.0 Å². The van der Waals surface area contributed by atoms with E-state index in [0.717, 1.165) is 0 Å². The Morgan fingerprint density at radius 1 is 1.50 bits per heavy atom. The van der Waals surface area contributed by atoms with Gasteiger partial charge in [-0.1, -0.05) is 25.5 Å². The number of allylic oxidation sites excluding steroid dienone is 3. The standard InChI is InChI=1S/C9H17N/c1-4-5-6-7-9(2)8-10-3/h6-8,10H,4-5H2,1-3H3/b7-6+,9-8-. The maximum Gasteiger partial charge on any atom is 0.00277 e. The average Bonchev–Trinajstić information content (AvgIpc) is 1.89.